The van der Waals surface area contributed by atoms with Gasteiger partial charge in [0.1, 0.15) is 5.76 Å². The summed E-state index contributed by atoms with van der Waals surface area (Å²) in [6, 6.07) is 3.75. The SMILES string of the molecule is O=C(O)C/C=C/CCc1ccco1. The average molecular weight is 180 g/mol. The Labute approximate surface area is 76.7 Å². The summed E-state index contributed by atoms with van der Waals surface area (Å²) in [6.07, 6.45) is 6.89. The monoisotopic (exact) mass is 180 g/mol. The minimum atomic E-state index is -0.797. The van der Waals surface area contributed by atoms with Crippen molar-refractivity contribution in [2.24, 2.45) is 0 Å². The lowest BCUT2D eigenvalue weighted by molar-refractivity contribution is -0.136. The summed E-state index contributed by atoms with van der Waals surface area (Å²) in [5.41, 5.74) is 0. The Hall–Kier alpha value is -1.51. The summed E-state index contributed by atoms with van der Waals surface area (Å²) in [5, 5.41) is 8.33. The van der Waals surface area contributed by atoms with Crippen molar-refractivity contribution in [3.05, 3.63) is 36.3 Å². The quantitative estimate of drug-likeness (QED) is 0.707. The van der Waals surface area contributed by atoms with Gasteiger partial charge in [0.2, 0.25) is 0 Å². The van der Waals surface area contributed by atoms with Gasteiger partial charge in [-0.25, -0.2) is 0 Å². The van der Waals surface area contributed by atoms with Gasteiger partial charge in [-0.2, -0.15) is 0 Å². The molecule has 1 aromatic heterocycles. The molecular formula is C10H12O3. The van der Waals surface area contributed by atoms with Gasteiger partial charge in [0.25, 0.3) is 0 Å². The van der Waals surface area contributed by atoms with Crippen LogP contribution in [0.25, 0.3) is 0 Å². The van der Waals surface area contributed by atoms with Gasteiger partial charge in [-0.05, 0) is 18.6 Å². The van der Waals surface area contributed by atoms with E-state index in [0.717, 1.165) is 18.6 Å². The van der Waals surface area contributed by atoms with Crippen molar-refractivity contribution in [1.29, 1.82) is 0 Å². The molecule has 0 aliphatic heterocycles. The van der Waals surface area contributed by atoms with Crippen LogP contribution in [0, 0.1) is 0 Å². The maximum absolute atomic E-state index is 10.1. The third kappa shape index (κ3) is 4.15. The topological polar surface area (TPSA) is 50.4 Å². The fourth-order valence-corrected chi connectivity index (χ4v) is 0.982. The van der Waals surface area contributed by atoms with Gasteiger partial charge < -0.3 is 9.52 Å². The van der Waals surface area contributed by atoms with Crippen LogP contribution in [0.5, 0.6) is 0 Å². The largest absolute Gasteiger partial charge is 0.481 e. The second-order valence-electron chi connectivity index (χ2n) is 2.69. The van der Waals surface area contributed by atoms with Gasteiger partial charge in [0.15, 0.2) is 0 Å². The maximum Gasteiger partial charge on any atom is 0.307 e. The number of hydrogen-bond acceptors (Lipinski definition) is 2. The number of aryl methyl sites for hydroxylation is 1. The van der Waals surface area contributed by atoms with Crippen molar-refractivity contribution in [3.63, 3.8) is 0 Å². The minimum absolute atomic E-state index is 0.0954. The van der Waals surface area contributed by atoms with E-state index in [1.54, 1.807) is 12.3 Å². The highest BCUT2D eigenvalue weighted by atomic mass is 16.4. The molecule has 0 amide bonds. The van der Waals surface area contributed by atoms with Crippen molar-refractivity contribution in [2.75, 3.05) is 0 Å². The third-order valence-electron chi connectivity index (χ3n) is 1.60. The number of carboxylic acid groups (broad SMARTS) is 1. The molecule has 13 heavy (non-hydrogen) atoms. The van der Waals surface area contributed by atoms with E-state index in [4.69, 9.17) is 9.52 Å². The van der Waals surface area contributed by atoms with E-state index in [9.17, 15) is 4.79 Å². The number of aliphatic carboxylic acids is 1. The highest BCUT2D eigenvalue weighted by molar-refractivity contribution is 5.68. The number of rotatable bonds is 5. The Balaban J connectivity index is 2.14. The summed E-state index contributed by atoms with van der Waals surface area (Å²) in [7, 11) is 0. The number of furan rings is 1. The van der Waals surface area contributed by atoms with Crippen LogP contribution in [0.1, 0.15) is 18.6 Å². The first kappa shape index (κ1) is 9.58. The number of carboxylic acids is 1. The zero-order valence-electron chi connectivity index (χ0n) is 7.27. The second-order valence-corrected chi connectivity index (χ2v) is 2.69. The van der Waals surface area contributed by atoms with E-state index < -0.39 is 5.97 Å². The molecule has 70 valence electrons. The van der Waals surface area contributed by atoms with Crippen LogP contribution in [0.4, 0.5) is 0 Å². The van der Waals surface area contributed by atoms with Crippen molar-refractivity contribution >= 4 is 5.97 Å². The van der Waals surface area contributed by atoms with Crippen LogP contribution in [-0.4, -0.2) is 11.1 Å². The molecule has 0 fully saturated rings. The van der Waals surface area contributed by atoms with Crippen molar-refractivity contribution < 1.29 is 14.3 Å². The molecule has 0 saturated heterocycles. The summed E-state index contributed by atoms with van der Waals surface area (Å²) < 4.78 is 5.11. The molecule has 1 rings (SSSR count). The Morgan fingerprint density at radius 1 is 1.54 bits per heavy atom. The lowest BCUT2D eigenvalue weighted by Crippen LogP contribution is -1.89. The molecule has 0 unspecified atom stereocenters. The molecule has 0 radical (unpaired) electrons. The molecule has 0 saturated carbocycles. The Morgan fingerprint density at radius 2 is 2.38 bits per heavy atom. The Morgan fingerprint density at radius 3 is 3.00 bits per heavy atom. The predicted octanol–water partition coefficient (Wildman–Crippen LogP) is 2.24. The molecule has 3 nitrogen and oxygen atoms in total. The highest BCUT2D eigenvalue weighted by Crippen LogP contribution is 2.03. The summed E-state index contributed by atoms with van der Waals surface area (Å²) in [6.45, 7) is 0. The molecule has 0 bridgehead atoms. The van der Waals surface area contributed by atoms with E-state index >= 15 is 0 Å². The molecule has 3 heteroatoms. The van der Waals surface area contributed by atoms with Crippen LogP contribution >= 0.6 is 0 Å². The normalized spacial score (nSPS) is 10.8. The van der Waals surface area contributed by atoms with E-state index in [2.05, 4.69) is 0 Å². The summed E-state index contributed by atoms with van der Waals surface area (Å²) >= 11 is 0. The lowest BCUT2D eigenvalue weighted by atomic mass is 10.2. The standard InChI is InChI=1S/C10H12O3/c11-10(12)7-3-1-2-5-9-6-4-8-13-9/h1,3-4,6,8H,2,5,7H2,(H,11,12)/b3-1+. The predicted molar refractivity (Wildman–Crippen MR) is 48.4 cm³/mol. The van der Waals surface area contributed by atoms with Crippen LogP contribution in [-0.2, 0) is 11.2 Å². The van der Waals surface area contributed by atoms with Crippen molar-refractivity contribution in [3.8, 4) is 0 Å². The molecular weight excluding hydrogens is 168 g/mol. The first-order chi connectivity index (χ1) is 6.29. The van der Waals surface area contributed by atoms with E-state index in [0.29, 0.717) is 0 Å². The van der Waals surface area contributed by atoms with Gasteiger partial charge in [-0.1, -0.05) is 12.2 Å². The molecule has 0 aromatic carbocycles. The molecule has 0 spiro atoms. The van der Waals surface area contributed by atoms with E-state index in [-0.39, 0.29) is 6.42 Å². The molecule has 0 atom stereocenters. The van der Waals surface area contributed by atoms with Crippen LogP contribution in [0.2, 0.25) is 0 Å². The molecule has 0 aliphatic rings. The molecule has 1 N–H and O–H groups in total. The zero-order valence-corrected chi connectivity index (χ0v) is 7.27. The minimum Gasteiger partial charge on any atom is -0.481 e. The van der Waals surface area contributed by atoms with Crippen LogP contribution in [0.3, 0.4) is 0 Å². The fourth-order valence-electron chi connectivity index (χ4n) is 0.982. The lowest BCUT2D eigenvalue weighted by Gasteiger charge is -1.89. The number of allylic oxidation sites excluding steroid dienone is 1. The number of hydrogen-bond donors (Lipinski definition) is 1. The van der Waals surface area contributed by atoms with E-state index in [1.807, 2.05) is 18.2 Å². The van der Waals surface area contributed by atoms with Crippen molar-refractivity contribution in [1.82, 2.24) is 0 Å². The Bertz CT molecular complexity index is 272. The first-order valence-corrected chi connectivity index (χ1v) is 4.18. The van der Waals surface area contributed by atoms with E-state index in [1.165, 1.54) is 0 Å². The van der Waals surface area contributed by atoms with Gasteiger partial charge in [0.05, 0.1) is 12.7 Å². The maximum atomic E-state index is 10.1. The Kier molecular flexibility index (Phi) is 3.82. The van der Waals surface area contributed by atoms with Crippen molar-refractivity contribution in [2.45, 2.75) is 19.3 Å². The van der Waals surface area contributed by atoms with Gasteiger partial charge in [-0.15, -0.1) is 0 Å². The zero-order chi connectivity index (χ0) is 9.52. The molecule has 0 aliphatic carbocycles. The summed E-state index contributed by atoms with van der Waals surface area (Å²) in [4.78, 5) is 10.1. The highest BCUT2D eigenvalue weighted by Gasteiger charge is 1.92. The van der Waals surface area contributed by atoms with Gasteiger partial charge in [-0.3, -0.25) is 4.79 Å². The average Bonchev–Trinajstić information content (AvgIpc) is 2.55. The number of carbonyl (C=O) groups is 1. The molecule has 1 heterocycles. The van der Waals surface area contributed by atoms with Gasteiger partial charge >= 0.3 is 5.97 Å². The van der Waals surface area contributed by atoms with Gasteiger partial charge in [0, 0.05) is 6.42 Å². The van der Waals surface area contributed by atoms with Crippen LogP contribution < -0.4 is 0 Å². The summed E-state index contributed by atoms with van der Waals surface area (Å²) in [5.74, 6) is 0.134. The second kappa shape index (κ2) is 5.19. The third-order valence-corrected chi connectivity index (χ3v) is 1.60. The van der Waals surface area contributed by atoms with Crippen LogP contribution in [0.15, 0.2) is 35.0 Å². The first-order valence-electron chi connectivity index (χ1n) is 4.18. The molecule has 1 aromatic rings. The fraction of sp³-hybridized carbons (Fsp3) is 0.300. The smallest absolute Gasteiger partial charge is 0.307 e.